The first-order valence-electron chi connectivity index (χ1n) is 12.6. The highest BCUT2D eigenvalue weighted by Crippen LogP contribution is 2.32. The minimum absolute atomic E-state index is 0.0610. The third-order valence-electron chi connectivity index (χ3n) is 7.01. The summed E-state index contributed by atoms with van der Waals surface area (Å²) in [5.74, 6) is 1.39. The molecule has 1 unspecified atom stereocenters. The molecule has 1 fully saturated rings. The molecule has 4 rings (SSSR count). The lowest BCUT2D eigenvalue weighted by Gasteiger charge is -2.26. The summed E-state index contributed by atoms with van der Waals surface area (Å²) in [6, 6.07) is 14.0. The number of esters is 1. The Morgan fingerprint density at radius 2 is 1.91 bits per heavy atom. The molecular formula is C30H36O4. The number of rotatable bonds is 9. The van der Waals surface area contributed by atoms with Crippen molar-refractivity contribution in [3.8, 4) is 11.1 Å². The highest BCUT2D eigenvalue weighted by atomic mass is 16.5. The van der Waals surface area contributed by atoms with Gasteiger partial charge in [-0.25, -0.2) is 4.79 Å². The first-order valence-corrected chi connectivity index (χ1v) is 12.6. The standard InChI is InChI=1S/C30H36O4/c1-22-10-6-7-13-25(22)27-20-24(15-17-26(27)30(31)32-2)21-34-29(28-14-8-9-19-33-28)18-16-23-11-4-3-5-12-23/h6-7,9-10,13-15,17,19-20,23,29H,3-5,8,11-12,16,18,21H2,1-2H3. The van der Waals surface area contributed by atoms with Gasteiger partial charge in [0.05, 0.1) is 25.5 Å². The van der Waals surface area contributed by atoms with Crippen LogP contribution in [0.5, 0.6) is 0 Å². The molecule has 0 amide bonds. The molecule has 1 saturated carbocycles. The quantitative estimate of drug-likeness (QED) is 0.363. The van der Waals surface area contributed by atoms with Gasteiger partial charge in [-0.3, -0.25) is 0 Å². The van der Waals surface area contributed by atoms with Crippen molar-refractivity contribution in [3.05, 3.63) is 83.3 Å². The van der Waals surface area contributed by atoms with Crippen molar-refractivity contribution in [2.45, 2.75) is 71.0 Å². The van der Waals surface area contributed by atoms with Crippen molar-refractivity contribution in [2.24, 2.45) is 5.92 Å². The number of ether oxygens (including phenoxy) is 3. The molecule has 0 spiro atoms. The Hall–Kier alpha value is -2.85. The normalized spacial score (nSPS) is 17.1. The maximum absolute atomic E-state index is 12.5. The predicted molar refractivity (Wildman–Crippen MR) is 135 cm³/mol. The van der Waals surface area contributed by atoms with E-state index in [9.17, 15) is 4.79 Å². The molecular weight excluding hydrogens is 424 g/mol. The molecule has 0 bridgehead atoms. The third kappa shape index (κ3) is 6.18. The molecule has 180 valence electrons. The SMILES string of the molecule is COC(=O)c1ccc(COC(CCC2CCCCC2)C2=CCC=CO2)cc1-c1ccccc1C. The summed E-state index contributed by atoms with van der Waals surface area (Å²) < 4.78 is 17.3. The van der Waals surface area contributed by atoms with E-state index < -0.39 is 0 Å². The highest BCUT2D eigenvalue weighted by Gasteiger charge is 2.22. The average Bonchev–Trinajstić information content (AvgIpc) is 2.89. The monoisotopic (exact) mass is 460 g/mol. The van der Waals surface area contributed by atoms with Gasteiger partial charge in [-0.1, -0.05) is 62.4 Å². The van der Waals surface area contributed by atoms with E-state index in [2.05, 4.69) is 25.1 Å². The van der Waals surface area contributed by atoms with Crippen molar-refractivity contribution >= 4 is 5.97 Å². The molecule has 1 aliphatic carbocycles. The molecule has 1 atom stereocenters. The number of methoxy groups -OCH3 is 1. The lowest BCUT2D eigenvalue weighted by atomic mass is 9.85. The van der Waals surface area contributed by atoms with Crippen molar-refractivity contribution in [3.63, 3.8) is 0 Å². The number of hydrogen-bond acceptors (Lipinski definition) is 4. The Balaban J connectivity index is 1.52. The van der Waals surface area contributed by atoms with Crippen LogP contribution in [-0.4, -0.2) is 19.2 Å². The van der Waals surface area contributed by atoms with Gasteiger partial charge >= 0.3 is 5.97 Å². The highest BCUT2D eigenvalue weighted by molar-refractivity contribution is 5.97. The molecule has 2 aliphatic rings. The van der Waals surface area contributed by atoms with Gasteiger partial charge in [0.1, 0.15) is 11.9 Å². The Kier molecular flexibility index (Phi) is 8.59. The number of carbonyl (C=O) groups is 1. The molecule has 1 aliphatic heterocycles. The van der Waals surface area contributed by atoms with E-state index in [4.69, 9.17) is 14.2 Å². The van der Waals surface area contributed by atoms with Gasteiger partial charge in [0, 0.05) is 0 Å². The van der Waals surface area contributed by atoms with E-state index in [1.54, 1.807) is 6.26 Å². The van der Waals surface area contributed by atoms with Gasteiger partial charge < -0.3 is 14.2 Å². The van der Waals surface area contributed by atoms with Gasteiger partial charge in [0.25, 0.3) is 0 Å². The van der Waals surface area contributed by atoms with Crippen LogP contribution in [0, 0.1) is 12.8 Å². The van der Waals surface area contributed by atoms with Crippen molar-refractivity contribution in [2.75, 3.05) is 7.11 Å². The largest absolute Gasteiger partial charge is 0.467 e. The summed E-state index contributed by atoms with van der Waals surface area (Å²) in [7, 11) is 1.42. The summed E-state index contributed by atoms with van der Waals surface area (Å²) >= 11 is 0. The minimum atomic E-state index is -0.330. The Morgan fingerprint density at radius 1 is 1.09 bits per heavy atom. The first-order chi connectivity index (χ1) is 16.7. The molecule has 34 heavy (non-hydrogen) atoms. The fourth-order valence-electron chi connectivity index (χ4n) is 5.06. The summed E-state index contributed by atoms with van der Waals surface area (Å²) in [6.45, 7) is 2.52. The maximum Gasteiger partial charge on any atom is 0.338 e. The van der Waals surface area contributed by atoms with E-state index in [-0.39, 0.29) is 12.1 Å². The van der Waals surface area contributed by atoms with E-state index in [1.807, 2.05) is 36.4 Å². The van der Waals surface area contributed by atoms with Crippen LogP contribution in [0.15, 0.2) is 66.6 Å². The van der Waals surface area contributed by atoms with Crippen LogP contribution < -0.4 is 0 Å². The predicted octanol–water partition coefficient (Wildman–Crippen LogP) is 7.51. The Morgan fingerprint density at radius 3 is 2.65 bits per heavy atom. The number of aryl methyl sites for hydroxylation is 1. The van der Waals surface area contributed by atoms with Crippen LogP contribution >= 0.6 is 0 Å². The molecule has 2 aromatic carbocycles. The zero-order chi connectivity index (χ0) is 23.8. The molecule has 4 heteroatoms. The fraction of sp³-hybridized carbons (Fsp3) is 0.433. The summed E-state index contributed by atoms with van der Waals surface area (Å²) in [6.07, 6.45) is 15.6. The lowest BCUT2D eigenvalue weighted by molar-refractivity contribution is 0.0236. The Labute approximate surface area is 203 Å². The fourth-order valence-corrected chi connectivity index (χ4v) is 5.06. The topological polar surface area (TPSA) is 44.8 Å². The van der Waals surface area contributed by atoms with Crippen LogP contribution in [0.2, 0.25) is 0 Å². The van der Waals surface area contributed by atoms with E-state index in [0.717, 1.165) is 46.8 Å². The Bertz CT molecular complexity index is 1030. The second-order valence-electron chi connectivity index (χ2n) is 9.40. The second-order valence-corrected chi connectivity index (χ2v) is 9.40. The summed E-state index contributed by atoms with van der Waals surface area (Å²) in [5.41, 5.74) is 4.62. The molecule has 2 aromatic rings. The average molecular weight is 461 g/mol. The van der Waals surface area contributed by atoms with Crippen molar-refractivity contribution < 1.29 is 19.0 Å². The third-order valence-corrected chi connectivity index (χ3v) is 7.01. The minimum Gasteiger partial charge on any atom is -0.467 e. The molecule has 4 nitrogen and oxygen atoms in total. The molecule has 0 radical (unpaired) electrons. The number of allylic oxidation sites excluding steroid dienone is 2. The van der Waals surface area contributed by atoms with Crippen LogP contribution in [0.1, 0.15) is 72.9 Å². The first kappa shape index (κ1) is 24.3. The maximum atomic E-state index is 12.5. The van der Waals surface area contributed by atoms with Crippen molar-refractivity contribution in [1.29, 1.82) is 0 Å². The molecule has 1 heterocycles. The summed E-state index contributed by atoms with van der Waals surface area (Å²) in [4.78, 5) is 12.5. The second kappa shape index (κ2) is 12.0. The van der Waals surface area contributed by atoms with Gasteiger partial charge in [-0.05, 0) is 78.6 Å². The van der Waals surface area contributed by atoms with Gasteiger partial charge in [-0.15, -0.1) is 0 Å². The lowest BCUT2D eigenvalue weighted by Crippen LogP contribution is -2.20. The number of benzene rings is 2. The van der Waals surface area contributed by atoms with E-state index >= 15 is 0 Å². The van der Waals surface area contributed by atoms with Crippen molar-refractivity contribution in [1.82, 2.24) is 0 Å². The van der Waals surface area contributed by atoms with Gasteiger partial charge in [-0.2, -0.15) is 0 Å². The van der Waals surface area contributed by atoms with Crippen LogP contribution in [-0.2, 0) is 20.8 Å². The summed E-state index contributed by atoms with van der Waals surface area (Å²) in [5, 5.41) is 0. The smallest absolute Gasteiger partial charge is 0.338 e. The van der Waals surface area contributed by atoms with Crippen LogP contribution in [0.4, 0.5) is 0 Å². The molecule has 0 saturated heterocycles. The van der Waals surface area contributed by atoms with E-state index in [1.165, 1.54) is 45.6 Å². The van der Waals surface area contributed by atoms with Gasteiger partial charge in [0.15, 0.2) is 0 Å². The van der Waals surface area contributed by atoms with Gasteiger partial charge in [0.2, 0.25) is 0 Å². The van der Waals surface area contributed by atoms with Crippen LogP contribution in [0.25, 0.3) is 11.1 Å². The molecule has 0 aromatic heterocycles. The molecule has 0 N–H and O–H groups in total. The zero-order valence-corrected chi connectivity index (χ0v) is 20.4. The van der Waals surface area contributed by atoms with Crippen LogP contribution in [0.3, 0.4) is 0 Å². The van der Waals surface area contributed by atoms with E-state index in [0.29, 0.717) is 12.2 Å². The number of hydrogen-bond donors (Lipinski definition) is 0. The zero-order valence-electron chi connectivity index (χ0n) is 20.4. The number of carbonyl (C=O) groups excluding carboxylic acids is 1.